The van der Waals surface area contributed by atoms with Gasteiger partial charge in [0.25, 0.3) is 5.91 Å². The van der Waals surface area contributed by atoms with Crippen molar-refractivity contribution in [2.75, 3.05) is 6.54 Å². The third-order valence-corrected chi connectivity index (χ3v) is 4.45. The van der Waals surface area contributed by atoms with E-state index in [4.69, 9.17) is 27.6 Å². The molecule has 1 aromatic carbocycles. The Morgan fingerprint density at radius 2 is 2.08 bits per heavy atom. The Hall–Kier alpha value is -1.56. The quantitative estimate of drug-likeness (QED) is 0.796. The van der Waals surface area contributed by atoms with E-state index in [0.29, 0.717) is 35.6 Å². The second-order valence-corrected chi connectivity index (χ2v) is 6.48. The monoisotopic (exact) mass is 369 g/mol. The first kappa shape index (κ1) is 18.8. The van der Waals surface area contributed by atoms with Gasteiger partial charge in [-0.05, 0) is 32.4 Å². The lowest BCUT2D eigenvalue weighted by Gasteiger charge is -2.25. The van der Waals surface area contributed by atoms with Gasteiger partial charge in [-0.2, -0.15) is 0 Å². The predicted molar refractivity (Wildman–Crippen MR) is 95.4 cm³/mol. The number of halogens is 2. The summed E-state index contributed by atoms with van der Waals surface area (Å²) in [4.78, 5) is 18.2. The van der Waals surface area contributed by atoms with Gasteiger partial charge in [-0.3, -0.25) is 9.69 Å². The van der Waals surface area contributed by atoms with Crippen LogP contribution in [0.1, 0.15) is 42.7 Å². The van der Waals surface area contributed by atoms with Crippen LogP contribution < -0.4 is 5.32 Å². The number of nitrogens with zero attached hydrogens (tertiary/aromatic N) is 2. The molecule has 2 aromatic rings. The van der Waals surface area contributed by atoms with Gasteiger partial charge < -0.3 is 9.73 Å². The molecular formula is C17H21Cl2N3O2. The topological polar surface area (TPSA) is 58.4 Å². The van der Waals surface area contributed by atoms with E-state index in [1.807, 2.05) is 19.1 Å². The van der Waals surface area contributed by atoms with E-state index in [1.165, 1.54) is 6.26 Å². The summed E-state index contributed by atoms with van der Waals surface area (Å²) < 4.78 is 5.43. The third-order valence-electron chi connectivity index (χ3n) is 3.60. The Bertz CT molecular complexity index is 701. The van der Waals surface area contributed by atoms with Crippen LogP contribution in [0.25, 0.3) is 0 Å². The lowest BCUT2D eigenvalue weighted by atomic mass is 10.2. The molecule has 0 radical (unpaired) electrons. The molecule has 1 heterocycles. The van der Waals surface area contributed by atoms with E-state index in [-0.39, 0.29) is 17.6 Å². The number of oxazole rings is 1. The van der Waals surface area contributed by atoms with Gasteiger partial charge in [0.2, 0.25) is 5.89 Å². The van der Waals surface area contributed by atoms with Crippen LogP contribution >= 0.6 is 23.2 Å². The summed E-state index contributed by atoms with van der Waals surface area (Å²) in [6, 6.07) is 5.82. The van der Waals surface area contributed by atoms with Crippen LogP contribution in [0.2, 0.25) is 10.0 Å². The number of carbonyl (C=O) groups is 1. The zero-order chi connectivity index (χ0) is 17.7. The molecule has 0 spiro atoms. The van der Waals surface area contributed by atoms with E-state index in [2.05, 4.69) is 29.0 Å². The van der Waals surface area contributed by atoms with E-state index in [0.717, 1.165) is 5.56 Å². The maximum Gasteiger partial charge on any atom is 0.273 e. The molecule has 0 aliphatic rings. The van der Waals surface area contributed by atoms with E-state index in [1.54, 1.807) is 6.07 Å². The lowest BCUT2D eigenvalue weighted by molar-refractivity contribution is 0.0950. The smallest absolute Gasteiger partial charge is 0.273 e. The van der Waals surface area contributed by atoms with Crippen LogP contribution in [-0.4, -0.2) is 28.4 Å². The highest BCUT2D eigenvalue weighted by Gasteiger charge is 2.18. The molecule has 0 aliphatic heterocycles. The molecule has 0 bridgehead atoms. The first-order valence-corrected chi connectivity index (χ1v) is 8.57. The van der Waals surface area contributed by atoms with Gasteiger partial charge in [-0.1, -0.05) is 35.3 Å². The number of benzene rings is 1. The predicted octanol–water partition coefficient (Wildman–Crippen LogP) is 4.14. The molecular weight excluding hydrogens is 349 g/mol. The van der Waals surface area contributed by atoms with Crippen molar-refractivity contribution in [2.45, 2.75) is 39.9 Å². The molecule has 0 unspecified atom stereocenters. The van der Waals surface area contributed by atoms with Gasteiger partial charge in [0, 0.05) is 19.1 Å². The first-order valence-electron chi connectivity index (χ1n) is 7.81. The molecule has 5 nitrogen and oxygen atoms in total. The lowest BCUT2D eigenvalue weighted by Crippen LogP contribution is -2.30. The molecule has 0 saturated heterocycles. The summed E-state index contributed by atoms with van der Waals surface area (Å²) >= 11 is 12.4. The number of aromatic nitrogens is 1. The number of hydrogen-bond donors (Lipinski definition) is 1. The Labute approximate surface area is 151 Å². The highest BCUT2D eigenvalue weighted by Crippen LogP contribution is 2.27. The molecule has 24 heavy (non-hydrogen) atoms. The Balaban J connectivity index is 2.12. The summed E-state index contributed by atoms with van der Waals surface area (Å²) in [5.41, 5.74) is 1.23. The summed E-state index contributed by atoms with van der Waals surface area (Å²) in [6.07, 6.45) is 1.38. The average Bonchev–Trinajstić information content (AvgIpc) is 3.00. The van der Waals surface area contributed by atoms with Crippen LogP contribution in [-0.2, 0) is 13.1 Å². The molecule has 7 heteroatoms. The fraction of sp³-hybridized carbons (Fsp3) is 0.412. The van der Waals surface area contributed by atoms with Crippen molar-refractivity contribution >= 4 is 29.1 Å². The van der Waals surface area contributed by atoms with Crippen LogP contribution in [0.3, 0.4) is 0 Å². The van der Waals surface area contributed by atoms with Crippen LogP contribution in [0.4, 0.5) is 0 Å². The van der Waals surface area contributed by atoms with Gasteiger partial charge in [-0.25, -0.2) is 4.98 Å². The SMILES string of the molecule is CCNC(=O)c1coc(CN(Cc2cccc(Cl)c2Cl)C(C)C)n1. The van der Waals surface area contributed by atoms with Gasteiger partial charge in [0.05, 0.1) is 16.6 Å². The fourth-order valence-electron chi connectivity index (χ4n) is 2.22. The van der Waals surface area contributed by atoms with Crippen molar-refractivity contribution in [3.05, 3.63) is 51.7 Å². The minimum Gasteiger partial charge on any atom is -0.447 e. The molecule has 130 valence electrons. The number of hydrogen-bond acceptors (Lipinski definition) is 4. The zero-order valence-corrected chi connectivity index (χ0v) is 15.5. The maximum absolute atomic E-state index is 11.8. The second-order valence-electron chi connectivity index (χ2n) is 5.70. The molecule has 0 fully saturated rings. The fourth-order valence-corrected chi connectivity index (χ4v) is 2.60. The number of amides is 1. The van der Waals surface area contributed by atoms with Crippen molar-refractivity contribution in [1.29, 1.82) is 0 Å². The highest BCUT2D eigenvalue weighted by molar-refractivity contribution is 6.42. The minimum atomic E-state index is -0.235. The largest absolute Gasteiger partial charge is 0.447 e. The Morgan fingerprint density at radius 1 is 1.33 bits per heavy atom. The van der Waals surface area contributed by atoms with Crippen LogP contribution in [0.15, 0.2) is 28.9 Å². The number of carbonyl (C=O) groups excluding carboxylic acids is 1. The molecule has 1 N–H and O–H groups in total. The Morgan fingerprint density at radius 3 is 2.75 bits per heavy atom. The van der Waals surface area contributed by atoms with Crippen molar-refractivity contribution in [3.8, 4) is 0 Å². The van der Waals surface area contributed by atoms with E-state index in [9.17, 15) is 4.79 Å². The van der Waals surface area contributed by atoms with Crippen molar-refractivity contribution < 1.29 is 9.21 Å². The first-order chi connectivity index (χ1) is 11.4. The summed E-state index contributed by atoms with van der Waals surface area (Å²) in [5.74, 6) is 0.254. The summed E-state index contributed by atoms with van der Waals surface area (Å²) in [6.45, 7) is 7.63. The van der Waals surface area contributed by atoms with E-state index < -0.39 is 0 Å². The van der Waals surface area contributed by atoms with Gasteiger partial charge in [-0.15, -0.1) is 0 Å². The molecule has 2 rings (SSSR count). The van der Waals surface area contributed by atoms with Crippen molar-refractivity contribution in [1.82, 2.24) is 15.2 Å². The Kier molecular flexibility index (Phi) is 6.66. The number of rotatable bonds is 7. The van der Waals surface area contributed by atoms with Crippen LogP contribution in [0.5, 0.6) is 0 Å². The zero-order valence-electron chi connectivity index (χ0n) is 14.0. The standard InChI is InChI=1S/C17H21Cl2N3O2/c1-4-20-17(23)14-10-24-15(21-14)9-22(11(2)3)8-12-6-5-7-13(18)16(12)19/h5-7,10-11H,4,8-9H2,1-3H3,(H,20,23). The number of nitrogens with one attached hydrogen (secondary N) is 1. The second kappa shape index (κ2) is 8.51. The molecule has 0 atom stereocenters. The minimum absolute atomic E-state index is 0.235. The highest BCUT2D eigenvalue weighted by atomic mass is 35.5. The molecule has 0 aliphatic carbocycles. The van der Waals surface area contributed by atoms with Crippen LogP contribution in [0, 0.1) is 0 Å². The van der Waals surface area contributed by atoms with Gasteiger partial charge in [0.15, 0.2) is 5.69 Å². The summed E-state index contributed by atoms with van der Waals surface area (Å²) in [7, 11) is 0. The van der Waals surface area contributed by atoms with Crippen molar-refractivity contribution in [3.63, 3.8) is 0 Å². The maximum atomic E-state index is 11.8. The van der Waals surface area contributed by atoms with Gasteiger partial charge in [0.1, 0.15) is 6.26 Å². The molecule has 1 aromatic heterocycles. The third kappa shape index (κ3) is 4.72. The molecule has 1 amide bonds. The van der Waals surface area contributed by atoms with E-state index >= 15 is 0 Å². The molecule has 0 saturated carbocycles. The average molecular weight is 370 g/mol. The van der Waals surface area contributed by atoms with Crippen molar-refractivity contribution in [2.24, 2.45) is 0 Å². The van der Waals surface area contributed by atoms with Gasteiger partial charge >= 0.3 is 0 Å². The summed E-state index contributed by atoms with van der Waals surface area (Å²) in [5, 5.41) is 3.79. The normalized spacial score (nSPS) is 11.3.